The van der Waals surface area contributed by atoms with Crippen molar-refractivity contribution in [1.29, 1.82) is 0 Å². The third-order valence-corrected chi connectivity index (χ3v) is 3.62. The van der Waals surface area contributed by atoms with Crippen LogP contribution in [0.5, 0.6) is 0 Å². The van der Waals surface area contributed by atoms with Gasteiger partial charge in [0.2, 0.25) is 5.91 Å². The van der Waals surface area contributed by atoms with Crippen LogP contribution in [0, 0.1) is 11.7 Å². The van der Waals surface area contributed by atoms with Crippen LogP contribution < -0.4 is 5.73 Å². The fourth-order valence-corrected chi connectivity index (χ4v) is 2.33. The quantitative estimate of drug-likeness (QED) is 0.816. The number of hydrogen-bond acceptors (Lipinski definition) is 3. The molecule has 0 heterocycles. The van der Waals surface area contributed by atoms with E-state index in [9.17, 15) is 9.18 Å². The van der Waals surface area contributed by atoms with E-state index in [4.69, 9.17) is 10.8 Å². The van der Waals surface area contributed by atoms with Gasteiger partial charge in [0, 0.05) is 17.9 Å². The molecule has 0 aliphatic rings. The van der Waals surface area contributed by atoms with E-state index in [0.29, 0.717) is 16.9 Å². The number of carbonyl (C=O) groups excluding carboxylic acids is 1. The highest BCUT2D eigenvalue weighted by Crippen LogP contribution is 2.19. The summed E-state index contributed by atoms with van der Waals surface area (Å²) < 4.78 is 13.4. The Morgan fingerprint density at radius 3 is 2.88 bits per heavy atom. The summed E-state index contributed by atoms with van der Waals surface area (Å²) in [6, 6.07) is 4.11. The maximum Gasteiger partial charge on any atom is 0.248 e. The normalized spacial score (nSPS) is 12.4. The van der Waals surface area contributed by atoms with Gasteiger partial charge in [-0.05, 0) is 35.4 Å². The summed E-state index contributed by atoms with van der Waals surface area (Å²) in [4.78, 5) is 11.0. The summed E-state index contributed by atoms with van der Waals surface area (Å²) in [6.45, 7) is 2.04. The topological polar surface area (TPSA) is 63.3 Å². The molecule has 1 aromatic carbocycles. The van der Waals surface area contributed by atoms with E-state index in [1.165, 1.54) is 30.0 Å². The van der Waals surface area contributed by atoms with Crippen molar-refractivity contribution in [1.82, 2.24) is 0 Å². The Labute approximate surface area is 104 Å². The van der Waals surface area contributed by atoms with Gasteiger partial charge < -0.3 is 10.8 Å². The first-order chi connectivity index (χ1) is 8.04. The van der Waals surface area contributed by atoms with Gasteiger partial charge in [0.05, 0.1) is 0 Å². The average molecular weight is 257 g/mol. The number of nitrogens with two attached hydrogens (primary N) is 1. The van der Waals surface area contributed by atoms with Crippen molar-refractivity contribution < 1.29 is 14.3 Å². The van der Waals surface area contributed by atoms with Crippen LogP contribution in [0.15, 0.2) is 18.2 Å². The Morgan fingerprint density at radius 1 is 1.59 bits per heavy atom. The van der Waals surface area contributed by atoms with Crippen LogP contribution in [0.2, 0.25) is 0 Å². The van der Waals surface area contributed by atoms with Gasteiger partial charge in [0.15, 0.2) is 0 Å². The van der Waals surface area contributed by atoms with E-state index in [2.05, 4.69) is 0 Å². The second-order valence-corrected chi connectivity index (χ2v) is 5.00. The first-order valence-electron chi connectivity index (χ1n) is 5.31. The van der Waals surface area contributed by atoms with Gasteiger partial charge in [-0.1, -0.05) is 6.92 Å². The summed E-state index contributed by atoms with van der Waals surface area (Å²) in [5.41, 5.74) is 5.92. The minimum absolute atomic E-state index is 0.122. The van der Waals surface area contributed by atoms with Gasteiger partial charge in [-0.15, -0.1) is 0 Å². The largest absolute Gasteiger partial charge is 0.396 e. The van der Waals surface area contributed by atoms with Gasteiger partial charge in [0.25, 0.3) is 0 Å². The number of carbonyl (C=O) groups is 1. The Hall–Kier alpha value is -1.07. The molecule has 0 fully saturated rings. The maximum atomic E-state index is 13.4. The molecule has 1 aromatic rings. The number of rotatable bonds is 6. The standard InChI is InChI=1S/C12H16FNO2S/c1-8(5-15)6-17-7-10-4-9(12(14)16)2-3-11(10)13/h2-4,8,15H,5-7H2,1H3,(H2,14,16). The number of halogens is 1. The molecule has 1 rings (SSSR count). The van der Waals surface area contributed by atoms with Crippen molar-refractivity contribution in [2.75, 3.05) is 12.4 Å². The fourth-order valence-electron chi connectivity index (χ4n) is 1.26. The molecule has 0 aliphatic heterocycles. The van der Waals surface area contributed by atoms with Crippen molar-refractivity contribution >= 4 is 17.7 Å². The lowest BCUT2D eigenvalue weighted by Gasteiger charge is -2.08. The van der Waals surface area contributed by atoms with Gasteiger partial charge >= 0.3 is 0 Å². The monoisotopic (exact) mass is 257 g/mol. The van der Waals surface area contributed by atoms with Crippen molar-refractivity contribution in [3.8, 4) is 0 Å². The molecule has 0 bridgehead atoms. The molecule has 1 atom stereocenters. The zero-order valence-electron chi connectivity index (χ0n) is 9.65. The summed E-state index contributed by atoms with van der Waals surface area (Å²) in [7, 11) is 0. The van der Waals surface area contributed by atoms with E-state index in [1.807, 2.05) is 6.92 Å². The maximum absolute atomic E-state index is 13.4. The molecule has 94 valence electrons. The molecule has 3 nitrogen and oxygen atoms in total. The van der Waals surface area contributed by atoms with E-state index < -0.39 is 5.91 Å². The highest BCUT2D eigenvalue weighted by atomic mass is 32.2. The van der Waals surface area contributed by atoms with Crippen LogP contribution in [0.1, 0.15) is 22.8 Å². The molecule has 3 N–H and O–H groups in total. The highest BCUT2D eigenvalue weighted by molar-refractivity contribution is 7.98. The Balaban J connectivity index is 2.63. The van der Waals surface area contributed by atoms with Crippen molar-refractivity contribution in [3.63, 3.8) is 0 Å². The molecule has 0 saturated heterocycles. The Morgan fingerprint density at radius 2 is 2.29 bits per heavy atom. The number of aliphatic hydroxyl groups excluding tert-OH is 1. The minimum atomic E-state index is -0.556. The van der Waals surface area contributed by atoms with Crippen molar-refractivity contribution in [3.05, 3.63) is 35.1 Å². The first-order valence-corrected chi connectivity index (χ1v) is 6.47. The summed E-state index contributed by atoms with van der Waals surface area (Å²) in [6.07, 6.45) is 0. The van der Waals surface area contributed by atoms with E-state index in [0.717, 1.165) is 5.75 Å². The van der Waals surface area contributed by atoms with Crippen LogP contribution in [-0.2, 0) is 5.75 Å². The van der Waals surface area contributed by atoms with Gasteiger partial charge in [-0.3, -0.25) is 4.79 Å². The molecule has 0 radical (unpaired) electrons. The lowest BCUT2D eigenvalue weighted by Crippen LogP contribution is -2.11. The van der Waals surface area contributed by atoms with Crippen molar-refractivity contribution in [2.24, 2.45) is 11.7 Å². The zero-order chi connectivity index (χ0) is 12.8. The summed E-state index contributed by atoms with van der Waals surface area (Å²) in [5, 5.41) is 8.85. The second kappa shape index (κ2) is 6.61. The Bertz CT molecular complexity index is 398. The van der Waals surface area contributed by atoms with Crippen LogP contribution in [0.4, 0.5) is 4.39 Å². The lowest BCUT2D eigenvalue weighted by atomic mass is 10.1. The molecule has 1 amide bonds. The van der Waals surface area contributed by atoms with Crippen LogP contribution >= 0.6 is 11.8 Å². The predicted octanol–water partition coefficient (Wildman–Crippen LogP) is 1.79. The highest BCUT2D eigenvalue weighted by Gasteiger charge is 2.08. The Kier molecular flexibility index (Phi) is 5.44. The van der Waals surface area contributed by atoms with Crippen LogP contribution in [0.25, 0.3) is 0 Å². The average Bonchev–Trinajstić information content (AvgIpc) is 2.30. The SMILES string of the molecule is CC(CO)CSCc1cc(C(N)=O)ccc1F. The first kappa shape index (κ1) is 14.0. The van der Waals surface area contributed by atoms with Gasteiger partial charge in [-0.25, -0.2) is 4.39 Å². The smallest absolute Gasteiger partial charge is 0.248 e. The van der Waals surface area contributed by atoms with Gasteiger partial charge in [-0.2, -0.15) is 11.8 Å². The molecule has 0 aliphatic carbocycles. The fraction of sp³-hybridized carbons (Fsp3) is 0.417. The van der Waals surface area contributed by atoms with E-state index >= 15 is 0 Å². The molecular formula is C12H16FNO2S. The molecule has 0 aromatic heterocycles. The predicted molar refractivity (Wildman–Crippen MR) is 67.3 cm³/mol. The zero-order valence-corrected chi connectivity index (χ0v) is 10.5. The lowest BCUT2D eigenvalue weighted by molar-refractivity contribution is 0.1000. The molecule has 1 unspecified atom stereocenters. The third kappa shape index (κ3) is 4.36. The van der Waals surface area contributed by atoms with Crippen LogP contribution in [0.3, 0.4) is 0 Å². The van der Waals surface area contributed by atoms with E-state index in [1.54, 1.807) is 0 Å². The number of aliphatic hydroxyl groups is 1. The number of benzene rings is 1. The molecular weight excluding hydrogens is 241 g/mol. The minimum Gasteiger partial charge on any atom is -0.396 e. The number of primary amides is 1. The van der Waals surface area contributed by atoms with Crippen LogP contribution in [-0.4, -0.2) is 23.4 Å². The van der Waals surface area contributed by atoms with Gasteiger partial charge in [0.1, 0.15) is 5.82 Å². The van der Waals surface area contributed by atoms with E-state index in [-0.39, 0.29) is 18.3 Å². The summed E-state index contributed by atoms with van der Waals surface area (Å²) >= 11 is 1.52. The number of amides is 1. The van der Waals surface area contributed by atoms with Crippen molar-refractivity contribution in [2.45, 2.75) is 12.7 Å². The number of thioether (sulfide) groups is 1. The second-order valence-electron chi connectivity index (χ2n) is 3.97. The summed E-state index contributed by atoms with van der Waals surface area (Å²) in [5.74, 6) is 0.509. The molecule has 5 heteroatoms. The third-order valence-electron chi connectivity index (χ3n) is 2.30. The molecule has 17 heavy (non-hydrogen) atoms. The molecule has 0 saturated carbocycles. The number of hydrogen-bond donors (Lipinski definition) is 2. The molecule has 0 spiro atoms.